The third-order valence-corrected chi connectivity index (χ3v) is 3.50. The van der Waals surface area contributed by atoms with E-state index in [1.165, 1.54) is 18.1 Å². The van der Waals surface area contributed by atoms with E-state index in [1.54, 1.807) is 0 Å². The van der Waals surface area contributed by atoms with Gasteiger partial charge in [0.2, 0.25) is 0 Å². The van der Waals surface area contributed by atoms with Crippen LogP contribution in [0.2, 0.25) is 0 Å². The lowest BCUT2D eigenvalue weighted by Crippen LogP contribution is -2.57. The van der Waals surface area contributed by atoms with Gasteiger partial charge in [0, 0.05) is 45.9 Å². The molecular formula is C13H20ClF3N4O3. The normalized spacial score (nSPS) is 17.2. The van der Waals surface area contributed by atoms with Crippen LogP contribution in [-0.2, 0) is 11.3 Å². The quantitative estimate of drug-likeness (QED) is 0.769. The molecule has 1 unspecified atom stereocenters. The predicted octanol–water partition coefficient (Wildman–Crippen LogP) is 0.809. The highest BCUT2D eigenvalue weighted by Gasteiger charge is 2.43. The standard InChI is InChI=1S/C13H19F3N4O3.ClH/c1-22-8-9-6-10(19-23-9)12(21)18-7-11(13(14,15)16)20-4-2-17-3-5-20;/h6,11,17H,2-5,7-8H2,1H3,(H,18,21);1H. The van der Waals surface area contributed by atoms with Crippen molar-refractivity contribution in [3.63, 3.8) is 0 Å². The lowest BCUT2D eigenvalue weighted by Gasteiger charge is -2.35. The maximum Gasteiger partial charge on any atom is 0.405 e. The molecule has 0 aliphatic carbocycles. The van der Waals surface area contributed by atoms with Gasteiger partial charge in [0.1, 0.15) is 12.6 Å². The fourth-order valence-electron chi connectivity index (χ4n) is 2.36. The first-order valence-corrected chi connectivity index (χ1v) is 7.16. The zero-order chi connectivity index (χ0) is 16.9. The van der Waals surface area contributed by atoms with Gasteiger partial charge >= 0.3 is 6.18 Å². The second-order valence-corrected chi connectivity index (χ2v) is 5.16. The molecule has 0 bridgehead atoms. The summed E-state index contributed by atoms with van der Waals surface area (Å²) >= 11 is 0. The van der Waals surface area contributed by atoms with E-state index in [4.69, 9.17) is 9.26 Å². The number of ether oxygens (including phenoxy) is 1. The van der Waals surface area contributed by atoms with Gasteiger partial charge in [-0.25, -0.2) is 0 Å². The Morgan fingerprint density at radius 3 is 2.75 bits per heavy atom. The van der Waals surface area contributed by atoms with E-state index < -0.39 is 24.7 Å². The zero-order valence-electron chi connectivity index (χ0n) is 13.1. The van der Waals surface area contributed by atoms with Crippen LogP contribution in [0.15, 0.2) is 10.6 Å². The number of piperazine rings is 1. The summed E-state index contributed by atoms with van der Waals surface area (Å²) in [6.45, 7) is 1.14. The minimum Gasteiger partial charge on any atom is -0.377 e. The molecule has 1 atom stereocenters. The first-order chi connectivity index (χ1) is 10.9. The molecule has 138 valence electrons. The number of hydrogen-bond acceptors (Lipinski definition) is 6. The number of alkyl halides is 3. The maximum atomic E-state index is 13.2. The lowest BCUT2D eigenvalue weighted by molar-refractivity contribution is -0.183. The zero-order valence-corrected chi connectivity index (χ0v) is 13.9. The maximum absolute atomic E-state index is 13.2. The van der Waals surface area contributed by atoms with Crippen molar-refractivity contribution < 1.29 is 27.2 Å². The Morgan fingerprint density at radius 1 is 1.50 bits per heavy atom. The predicted molar refractivity (Wildman–Crippen MR) is 81.1 cm³/mol. The first kappa shape index (κ1) is 20.7. The summed E-state index contributed by atoms with van der Waals surface area (Å²) in [5, 5.41) is 8.79. The minimum absolute atomic E-state index is 0. The fourth-order valence-corrected chi connectivity index (χ4v) is 2.36. The van der Waals surface area contributed by atoms with Gasteiger partial charge in [-0.1, -0.05) is 5.16 Å². The van der Waals surface area contributed by atoms with Crippen molar-refractivity contribution in [2.24, 2.45) is 0 Å². The Labute approximate surface area is 143 Å². The highest BCUT2D eigenvalue weighted by Crippen LogP contribution is 2.24. The summed E-state index contributed by atoms with van der Waals surface area (Å²) < 4.78 is 49.2. The lowest BCUT2D eigenvalue weighted by atomic mass is 10.2. The number of hydrogen-bond donors (Lipinski definition) is 2. The topological polar surface area (TPSA) is 79.6 Å². The second-order valence-electron chi connectivity index (χ2n) is 5.16. The number of methoxy groups -OCH3 is 1. The molecule has 2 N–H and O–H groups in total. The Balaban J connectivity index is 0.00000288. The van der Waals surface area contributed by atoms with E-state index in [0.29, 0.717) is 18.8 Å². The van der Waals surface area contributed by atoms with Gasteiger partial charge in [-0.15, -0.1) is 12.4 Å². The molecule has 11 heteroatoms. The molecule has 0 saturated carbocycles. The summed E-state index contributed by atoms with van der Waals surface area (Å²) in [4.78, 5) is 13.2. The van der Waals surface area contributed by atoms with Gasteiger partial charge in [0.25, 0.3) is 5.91 Å². The third-order valence-electron chi connectivity index (χ3n) is 3.50. The smallest absolute Gasteiger partial charge is 0.377 e. The summed E-state index contributed by atoms with van der Waals surface area (Å²) in [6, 6.07) is -0.384. The number of nitrogens with one attached hydrogen (secondary N) is 2. The number of amides is 1. The van der Waals surface area contributed by atoms with Crippen molar-refractivity contribution >= 4 is 18.3 Å². The van der Waals surface area contributed by atoms with Crippen LogP contribution in [0.25, 0.3) is 0 Å². The Kier molecular flexibility index (Phi) is 7.94. The number of carbonyl (C=O) groups is 1. The van der Waals surface area contributed by atoms with E-state index >= 15 is 0 Å². The molecule has 1 aliphatic rings. The SMILES string of the molecule is COCc1cc(C(=O)NCC(N2CCNCC2)C(F)(F)F)no1.Cl. The fraction of sp³-hybridized carbons (Fsp3) is 0.692. The second kappa shape index (κ2) is 9.21. The van der Waals surface area contributed by atoms with Gasteiger partial charge in [0.05, 0.1) is 0 Å². The van der Waals surface area contributed by atoms with Crippen molar-refractivity contribution in [2.45, 2.75) is 18.8 Å². The minimum atomic E-state index is -4.42. The van der Waals surface area contributed by atoms with E-state index in [0.717, 1.165) is 0 Å². The average molecular weight is 373 g/mol. The highest BCUT2D eigenvalue weighted by molar-refractivity contribution is 5.92. The summed E-state index contributed by atoms with van der Waals surface area (Å²) in [6.07, 6.45) is -4.42. The summed E-state index contributed by atoms with van der Waals surface area (Å²) in [5.41, 5.74) is -0.0710. The molecule has 0 aromatic carbocycles. The largest absolute Gasteiger partial charge is 0.405 e. The molecule has 24 heavy (non-hydrogen) atoms. The Bertz CT molecular complexity index is 521. The van der Waals surface area contributed by atoms with Crippen LogP contribution in [0.3, 0.4) is 0 Å². The van der Waals surface area contributed by atoms with Crippen LogP contribution in [0.5, 0.6) is 0 Å². The van der Waals surface area contributed by atoms with Gasteiger partial charge in [0.15, 0.2) is 11.5 Å². The number of aromatic nitrogens is 1. The third kappa shape index (κ3) is 5.62. The molecule has 1 saturated heterocycles. The van der Waals surface area contributed by atoms with Crippen LogP contribution in [0.4, 0.5) is 13.2 Å². The molecule has 0 spiro atoms. The monoisotopic (exact) mass is 372 g/mol. The van der Waals surface area contributed by atoms with Crippen LogP contribution in [0, 0.1) is 0 Å². The van der Waals surface area contributed by atoms with Gasteiger partial charge in [-0.05, 0) is 0 Å². The van der Waals surface area contributed by atoms with E-state index in [9.17, 15) is 18.0 Å². The van der Waals surface area contributed by atoms with Crippen molar-refractivity contribution in [3.8, 4) is 0 Å². The molecular weight excluding hydrogens is 353 g/mol. The van der Waals surface area contributed by atoms with Crippen LogP contribution in [-0.4, -0.2) is 68.0 Å². The summed E-state index contributed by atoms with van der Waals surface area (Å²) in [5.74, 6) is -0.382. The average Bonchev–Trinajstić information content (AvgIpc) is 2.96. The van der Waals surface area contributed by atoms with Gasteiger partial charge in [-0.3, -0.25) is 9.69 Å². The molecule has 1 aliphatic heterocycles. The number of carbonyl (C=O) groups excluding carboxylic acids is 1. The van der Waals surface area contributed by atoms with Crippen molar-refractivity contribution in [2.75, 3.05) is 39.8 Å². The number of nitrogens with zero attached hydrogens (tertiary/aromatic N) is 2. The molecule has 1 aromatic heterocycles. The molecule has 1 fully saturated rings. The first-order valence-electron chi connectivity index (χ1n) is 7.16. The molecule has 7 nitrogen and oxygen atoms in total. The van der Waals surface area contributed by atoms with Crippen LogP contribution in [0.1, 0.15) is 16.2 Å². The van der Waals surface area contributed by atoms with E-state index in [-0.39, 0.29) is 37.8 Å². The van der Waals surface area contributed by atoms with E-state index in [1.807, 2.05) is 0 Å². The number of rotatable bonds is 6. The number of halogens is 4. The van der Waals surface area contributed by atoms with Crippen molar-refractivity contribution in [1.29, 1.82) is 0 Å². The molecule has 1 amide bonds. The summed E-state index contributed by atoms with van der Waals surface area (Å²) in [7, 11) is 1.45. The highest BCUT2D eigenvalue weighted by atomic mass is 35.5. The Morgan fingerprint density at radius 2 is 2.17 bits per heavy atom. The Hall–Kier alpha value is -1.36. The van der Waals surface area contributed by atoms with E-state index in [2.05, 4.69) is 15.8 Å². The van der Waals surface area contributed by atoms with Gasteiger partial charge < -0.3 is 19.9 Å². The van der Waals surface area contributed by atoms with Crippen LogP contribution < -0.4 is 10.6 Å². The molecule has 2 heterocycles. The van der Waals surface area contributed by atoms with Crippen molar-refractivity contribution in [1.82, 2.24) is 20.7 Å². The molecule has 0 radical (unpaired) electrons. The van der Waals surface area contributed by atoms with Crippen LogP contribution >= 0.6 is 12.4 Å². The van der Waals surface area contributed by atoms with Gasteiger partial charge in [-0.2, -0.15) is 13.2 Å². The molecule has 1 aromatic rings. The van der Waals surface area contributed by atoms with Crippen molar-refractivity contribution in [3.05, 3.63) is 17.5 Å². The molecule has 2 rings (SSSR count).